The Bertz CT molecular complexity index is 784. The van der Waals surface area contributed by atoms with Crippen molar-refractivity contribution in [3.63, 3.8) is 0 Å². The van der Waals surface area contributed by atoms with Gasteiger partial charge >= 0.3 is 0 Å². The fourth-order valence-corrected chi connectivity index (χ4v) is 2.02. The first-order valence-corrected chi connectivity index (χ1v) is 6.23. The summed E-state index contributed by atoms with van der Waals surface area (Å²) in [6, 6.07) is 1.49. The number of hydrogen-bond acceptors (Lipinski definition) is 3. The molecule has 2 aromatic rings. The Kier molecular flexibility index (Phi) is 4.03. The number of anilines is 1. The number of amides is 1. The van der Waals surface area contributed by atoms with Gasteiger partial charge in [0.25, 0.3) is 11.7 Å². The lowest BCUT2D eigenvalue weighted by Crippen LogP contribution is -2.24. The molecular weight excluding hydrogens is 299 g/mol. The van der Waals surface area contributed by atoms with Gasteiger partial charge in [0, 0.05) is 12.7 Å². The maximum Gasteiger partial charge on any atom is 0.296 e. The van der Waals surface area contributed by atoms with Gasteiger partial charge in [-0.25, -0.2) is 13.2 Å². The van der Waals surface area contributed by atoms with Gasteiger partial charge in [-0.3, -0.25) is 14.3 Å². The zero-order valence-electron chi connectivity index (χ0n) is 12.0. The molecule has 1 aromatic carbocycles. The minimum absolute atomic E-state index is 0.0861. The number of aryl methyl sites for hydroxylation is 2. The molecule has 0 spiro atoms. The molecule has 2 rings (SSSR count). The van der Waals surface area contributed by atoms with Crippen molar-refractivity contribution >= 4 is 17.4 Å². The third kappa shape index (κ3) is 2.59. The lowest BCUT2D eigenvalue weighted by Gasteiger charge is -2.07. The largest absolute Gasteiger partial charge is 0.316 e. The first kappa shape index (κ1) is 15.7. The molecule has 0 saturated heterocycles. The van der Waals surface area contributed by atoms with Crippen LogP contribution in [0.4, 0.5) is 18.9 Å². The van der Waals surface area contributed by atoms with Crippen molar-refractivity contribution in [3.05, 3.63) is 46.5 Å². The third-order valence-corrected chi connectivity index (χ3v) is 3.23. The zero-order valence-corrected chi connectivity index (χ0v) is 12.0. The van der Waals surface area contributed by atoms with E-state index >= 15 is 0 Å². The van der Waals surface area contributed by atoms with Crippen molar-refractivity contribution in [1.82, 2.24) is 9.78 Å². The standard InChI is InChI=1S/C14H12F3N3O2/c1-6-10(7(2)20(3)19-6)13(21)14(22)18-9-5-4-8(15)11(16)12(9)17/h4-5H,1-3H3,(H,18,22). The third-order valence-electron chi connectivity index (χ3n) is 3.23. The topological polar surface area (TPSA) is 64.0 Å². The SMILES string of the molecule is Cc1nn(C)c(C)c1C(=O)C(=O)Nc1ccc(F)c(F)c1F. The maximum atomic E-state index is 13.5. The normalized spacial score (nSPS) is 10.6. The summed E-state index contributed by atoms with van der Waals surface area (Å²) in [4.78, 5) is 24.0. The number of aromatic nitrogens is 2. The summed E-state index contributed by atoms with van der Waals surface area (Å²) in [6.07, 6.45) is 0. The lowest BCUT2D eigenvalue weighted by molar-refractivity contribution is -0.112. The summed E-state index contributed by atoms with van der Waals surface area (Å²) in [7, 11) is 1.60. The predicted molar refractivity (Wildman–Crippen MR) is 72.0 cm³/mol. The quantitative estimate of drug-likeness (QED) is 0.537. The van der Waals surface area contributed by atoms with Crippen molar-refractivity contribution in [2.24, 2.45) is 7.05 Å². The molecule has 1 aromatic heterocycles. The summed E-state index contributed by atoms with van der Waals surface area (Å²) in [5.74, 6) is -6.78. The molecule has 0 unspecified atom stereocenters. The molecule has 0 saturated carbocycles. The van der Waals surface area contributed by atoms with Crippen molar-refractivity contribution in [2.75, 3.05) is 5.32 Å². The predicted octanol–water partition coefficient (Wildman–Crippen LogP) is 2.28. The number of Topliss-reactive ketones (excluding diaryl/α,β-unsaturated/α-hetero) is 1. The summed E-state index contributed by atoms with van der Waals surface area (Å²) < 4.78 is 40.8. The Labute approximate surface area is 123 Å². The summed E-state index contributed by atoms with van der Waals surface area (Å²) >= 11 is 0. The van der Waals surface area contributed by atoms with Gasteiger partial charge in [0.1, 0.15) is 0 Å². The van der Waals surface area contributed by atoms with Crippen LogP contribution in [0.15, 0.2) is 12.1 Å². The van der Waals surface area contributed by atoms with E-state index in [9.17, 15) is 22.8 Å². The van der Waals surface area contributed by atoms with E-state index in [0.29, 0.717) is 17.5 Å². The first-order valence-electron chi connectivity index (χ1n) is 6.23. The molecule has 1 amide bonds. The molecule has 116 valence electrons. The summed E-state index contributed by atoms with van der Waals surface area (Å²) in [5, 5.41) is 5.93. The van der Waals surface area contributed by atoms with Crippen LogP contribution in [-0.4, -0.2) is 21.5 Å². The minimum atomic E-state index is -1.72. The smallest absolute Gasteiger partial charge is 0.296 e. The minimum Gasteiger partial charge on any atom is -0.316 e. The molecule has 8 heteroatoms. The molecule has 0 atom stereocenters. The molecule has 0 aliphatic heterocycles. The number of ketones is 1. The van der Waals surface area contributed by atoms with Crippen LogP contribution in [-0.2, 0) is 11.8 Å². The zero-order chi connectivity index (χ0) is 16.6. The molecule has 0 fully saturated rings. The van der Waals surface area contributed by atoms with E-state index in [4.69, 9.17) is 0 Å². The highest BCUT2D eigenvalue weighted by molar-refractivity contribution is 6.47. The van der Waals surface area contributed by atoms with Gasteiger partial charge in [-0.2, -0.15) is 5.10 Å². The van der Waals surface area contributed by atoms with Crippen LogP contribution in [0.5, 0.6) is 0 Å². The molecular formula is C14H12F3N3O2. The van der Waals surface area contributed by atoms with Gasteiger partial charge in [0.05, 0.1) is 16.9 Å². The number of rotatable bonds is 3. The van der Waals surface area contributed by atoms with Gasteiger partial charge in [0.2, 0.25) is 0 Å². The van der Waals surface area contributed by atoms with E-state index in [1.54, 1.807) is 20.9 Å². The van der Waals surface area contributed by atoms with Crippen molar-refractivity contribution in [2.45, 2.75) is 13.8 Å². The number of benzene rings is 1. The second kappa shape index (κ2) is 5.63. The summed E-state index contributed by atoms with van der Waals surface area (Å²) in [5.41, 5.74) is 0.272. The van der Waals surface area contributed by atoms with E-state index in [1.807, 2.05) is 5.32 Å². The van der Waals surface area contributed by atoms with Gasteiger partial charge in [-0.05, 0) is 26.0 Å². The molecule has 1 heterocycles. The number of halogens is 3. The second-order valence-corrected chi connectivity index (χ2v) is 4.68. The highest BCUT2D eigenvalue weighted by Crippen LogP contribution is 2.20. The van der Waals surface area contributed by atoms with Crippen molar-refractivity contribution in [3.8, 4) is 0 Å². The first-order chi connectivity index (χ1) is 10.2. The molecule has 1 N–H and O–H groups in total. The second-order valence-electron chi connectivity index (χ2n) is 4.68. The Morgan fingerprint density at radius 3 is 2.32 bits per heavy atom. The van der Waals surface area contributed by atoms with Gasteiger partial charge < -0.3 is 5.32 Å². The van der Waals surface area contributed by atoms with Crippen LogP contribution in [0.1, 0.15) is 21.7 Å². The van der Waals surface area contributed by atoms with Crippen LogP contribution in [0.3, 0.4) is 0 Å². The number of nitrogens with one attached hydrogen (secondary N) is 1. The van der Waals surface area contributed by atoms with Crippen LogP contribution in [0, 0.1) is 31.3 Å². The Morgan fingerprint density at radius 2 is 1.77 bits per heavy atom. The van der Waals surface area contributed by atoms with Crippen LogP contribution >= 0.6 is 0 Å². The van der Waals surface area contributed by atoms with Crippen LogP contribution in [0.25, 0.3) is 0 Å². The van der Waals surface area contributed by atoms with E-state index < -0.39 is 34.8 Å². The van der Waals surface area contributed by atoms with Crippen LogP contribution in [0.2, 0.25) is 0 Å². The van der Waals surface area contributed by atoms with Crippen molar-refractivity contribution < 1.29 is 22.8 Å². The fraction of sp³-hybridized carbons (Fsp3) is 0.214. The molecule has 0 bridgehead atoms. The summed E-state index contributed by atoms with van der Waals surface area (Å²) in [6.45, 7) is 3.14. The van der Waals surface area contributed by atoms with E-state index in [1.165, 1.54) is 4.68 Å². The monoisotopic (exact) mass is 311 g/mol. The van der Waals surface area contributed by atoms with Crippen LogP contribution < -0.4 is 5.32 Å². The Hall–Kier alpha value is -2.64. The van der Waals surface area contributed by atoms with E-state index in [2.05, 4.69) is 5.10 Å². The molecule has 0 aliphatic carbocycles. The van der Waals surface area contributed by atoms with Gasteiger partial charge in [-0.1, -0.05) is 0 Å². The van der Waals surface area contributed by atoms with Gasteiger partial charge in [0.15, 0.2) is 17.5 Å². The Morgan fingerprint density at radius 1 is 1.14 bits per heavy atom. The average Bonchev–Trinajstić information content (AvgIpc) is 2.72. The Balaban J connectivity index is 2.30. The number of hydrogen-bond donors (Lipinski definition) is 1. The number of carbonyl (C=O) groups excluding carboxylic acids is 2. The highest BCUT2D eigenvalue weighted by Gasteiger charge is 2.25. The lowest BCUT2D eigenvalue weighted by atomic mass is 10.1. The molecule has 0 aliphatic rings. The molecule has 5 nitrogen and oxygen atoms in total. The van der Waals surface area contributed by atoms with E-state index in [0.717, 1.165) is 6.07 Å². The van der Waals surface area contributed by atoms with Crippen molar-refractivity contribution in [1.29, 1.82) is 0 Å². The molecule has 22 heavy (non-hydrogen) atoms. The average molecular weight is 311 g/mol. The molecule has 0 radical (unpaired) electrons. The van der Waals surface area contributed by atoms with Gasteiger partial charge in [-0.15, -0.1) is 0 Å². The fourth-order valence-electron chi connectivity index (χ4n) is 2.02. The number of carbonyl (C=O) groups is 2. The number of nitrogens with zero attached hydrogens (tertiary/aromatic N) is 2. The maximum absolute atomic E-state index is 13.5. The highest BCUT2D eigenvalue weighted by atomic mass is 19.2. The van der Waals surface area contributed by atoms with E-state index in [-0.39, 0.29) is 5.56 Å².